The van der Waals surface area contributed by atoms with E-state index in [1.165, 1.54) is 4.90 Å². The molecule has 1 amide bonds. The number of aliphatic hydroxyl groups is 1. The van der Waals surface area contributed by atoms with Crippen molar-refractivity contribution in [1.29, 1.82) is 0 Å². The van der Waals surface area contributed by atoms with Crippen LogP contribution >= 0.6 is 0 Å². The van der Waals surface area contributed by atoms with Crippen LogP contribution in [0.25, 0.3) is 0 Å². The molecule has 2 N–H and O–H groups in total. The van der Waals surface area contributed by atoms with Crippen molar-refractivity contribution in [1.82, 2.24) is 4.90 Å². The highest BCUT2D eigenvalue weighted by Gasteiger charge is 2.32. The lowest BCUT2D eigenvalue weighted by Gasteiger charge is -2.37. The van der Waals surface area contributed by atoms with Crippen LogP contribution in [0.3, 0.4) is 0 Å². The van der Waals surface area contributed by atoms with E-state index in [0.29, 0.717) is 19.0 Å². The lowest BCUT2D eigenvalue weighted by atomic mass is 9.82. The standard InChI is InChI=1S/C13H19NO4/c15-7-1-2-10-8-12(9-10)18-11-3-5-14(6-4-11)13(16)17/h10-12,15H,3-9H2,(H,16,17)/t10-,12-. The van der Waals surface area contributed by atoms with Crippen molar-refractivity contribution in [3.63, 3.8) is 0 Å². The van der Waals surface area contributed by atoms with Crippen molar-refractivity contribution in [2.45, 2.75) is 37.9 Å². The van der Waals surface area contributed by atoms with Gasteiger partial charge in [0, 0.05) is 19.0 Å². The van der Waals surface area contributed by atoms with E-state index in [9.17, 15) is 4.79 Å². The maximum absolute atomic E-state index is 10.7. The molecule has 2 fully saturated rings. The number of rotatable bonds is 2. The first-order valence-electron chi connectivity index (χ1n) is 6.41. The number of carbonyl (C=O) groups is 1. The van der Waals surface area contributed by atoms with Gasteiger partial charge in [0.25, 0.3) is 0 Å². The molecule has 100 valence electrons. The van der Waals surface area contributed by atoms with Gasteiger partial charge in [-0.3, -0.25) is 0 Å². The summed E-state index contributed by atoms with van der Waals surface area (Å²) in [6.45, 7) is 1.07. The van der Waals surface area contributed by atoms with E-state index in [1.807, 2.05) is 0 Å². The van der Waals surface area contributed by atoms with Gasteiger partial charge in [0.15, 0.2) is 0 Å². The van der Waals surface area contributed by atoms with Crippen LogP contribution in [-0.2, 0) is 4.74 Å². The highest BCUT2D eigenvalue weighted by Crippen LogP contribution is 2.31. The van der Waals surface area contributed by atoms with Crippen molar-refractivity contribution < 1.29 is 19.7 Å². The zero-order chi connectivity index (χ0) is 13.0. The molecule has 0 atom stereocenters. The number of amides is 1. The number of likely N-dealkylation sites (tertiary alicyclic amines) is 1. The molecule has 0 aromatic carbocycles. The minimum atomic E-state index is -0.837. The first kappa shape index (κ1) is 13.2. The van der Waals surface area contributed by atoms with E-state index in [1.54, 1.807) is 0 Å². The predicted molar refractivity (Wildman–Crippen MR) is 65.1 cm³/mol. The summed E-state index contributed by atoms with van der Waals surface area (Å²) in [4.78, 5) is 12.2. The van der Waals surface area contributed by atoms with Crippen LogP contribution in [0.4, 0.5) is 4.79 Å². The Morgan fingerprint density at radius 2 is 1.94 bits per heavy atom. The summed E-state index contributed by atoms with van der Waals surface area (Å²) < 4.78 is 5.92. The van der Waals surface area contributed by atoms with Gasteiger partial charge in [0.1, 0.15) is 6.61 Å². The van der Waals surface area contributed by atoms with E-state index in [-0.39, 0.29) is 18.8 Å². The molecular formula is C13H19NO4. The fourth-order valence-electron chi connectivity index (χ4n) is 2.44. The van der Waals surface area contributed by atoms with Crippen molar-refractivity contribution in [2.24, 2.45) is 5.92 Å². The maximum Gasteiger partial charge on any atom is 0.407 e. The average molecular weight is 253 g/mol. The Bertz CT molecular complexity index is 346. The Morgan fingerprint density at radius 3 is 2.50 bits per heavy atom. The normalized spacial score (nSPS) is 28.2. The molecule has 0 aromatic rings. The number of hydrogen-bond donors (Lipinski definition) is 2. The molecule has 1 aliphatic carbocycles. The summed E-state index contributed by atoms with van der Waals surface area (Å²) in [6.07, 6.45) is 3.07. The predicted octanol–water partition coefficient (Wildman–Crippen LogP) is 0.920. The zero-order valence-corrected chi connectivity index (χ0v) is 10.3. The minimum absolute atomic E-state index is 0.0737. The molecule has 0 aromatic heterocycles. The van der Waals surface area contributed by atoms with Gasteiger partial charge in [-0.2, -0.15) is 0 Å². The van der Waals surface area contributed by atoms with Crippen molar-refractivity contribution in [3.05, 3.63) is 0 Å². The monoisotopic (exact) mass is 253 g/mol. The lowest BCUT2D eigenvalue weighted by Crippen LogP contribution is -2.43. The topological polar surface area (TPSA) is 70.0 Å². The number of aliphatic hydroxyl groups excluding tert-OH is 1. The van der Waals surface area contributed by atoms with Crippen LogP contribution in [0.5, 0.6) is 0 Å². The first-order chi connectivity index (χ1) is 8.69. The van der Waals surface area contributed by atoms with Gasteiger partial charge in [-0.05, 0) is 25.7 Å². The smallest absolute Gasteiger partial charge is 0.407 e. The summed E-state index contributed by atoms with van der Waals surface area (Å²) in [7, 11) is 0. The lowest BCUT2D eigenvalue weighted by molar-refractivity contribution is -0.0825. The highest BCUT2D eigenvalue weighted by atomic mass is 16.5. The van der Waals surface area contributed by atoms with Crippen LogP contribution < -0.4 is 0 Å². The Morgan fingerprint density at radius 1 is 1.28 bits per heavy atom. The van der Waals surface area contributed by atoms with E-state index in [2.05, 4.69) is 11.8 Å². The second kappa shape index (κ2) is 6.07. The van der Waals surface area contributed by atoms with Gasteiger partial charge in [0.2, 0.25) is 0 Å². The number of carboxylic acid groups (broad SMARTS) is 1. The van der Waals surface area contributed by atoms with Crippen LogP contribution in [0.1, 0.15) is 25.7 Å². The van der Waals surface area contributed by atoms with Gasteiger partial charge in [-0.1, -0.05) is 11.8 Å². The quantitative estimate of drug-likeness (QED) is 0.718. The number of ether oxygens (including phenoxy) is 1. The Balaban J connectivity index is 1.63. The summed E-state index contributed by atoms with van der Waals surface area (Å²) in [5.74, 6) is 6.03. The molecule has 2 aliphatic rings. The average Bonchev–Trinajstić information content (AvgIpc) is 2.32. The largest absolute Gasteiger partial charge is 0.465 e. The number of piperidine rings is 1. The van der Waals surface area contributed by atoms with Gasteiger partial charge in [-0.25, -0.2) is 4.79 Å². The van der Waals surface area contributed by atoms with E-state index >= 15 is 0 Å². The Kier molecular flexibility index (Phi) is 4.45. The molecule has 2 rings (SSSR count). The molecular weight excluding hydrogens is 234 g/mol. The molecule has 5 nitrogen and oxygen atoms in total. The summed E-state index contributed by atoms with van der Waals surface area (Å²) >= 11 is 0. The summed E-state index contributed by atoms with van der Waals surface area (Å²) in [5.41, 5.74) is 0. The molecule has 1 heterocycles. The molecule has 0 radical (unpaired) electrons. The molecule has 18 heavy (non-hydrogen) atoms. The van der Waals surface area contributed by atoms with Crippen LogP contribution in [0, 0.1) is 17.8 Å². The van der Waals surface area contributed by atoms with Gasteiger partial charge >= 0.3 is 6.09 Å². The second-order valence-electron chi connectivity index (χ2n) is 4.87. The van der Waals surface area contributed by atoms with E-state index < -0.39 is 6.09 Å². The second-order valence-corrected chi connectivity index (χ2v) is 4.87. The van der Waals surface area contributed by atoms with Crippen LogP contribution in [-0.4, -0.2) is 53.1 Å². The molecule has 0 unspecified atom stereocenters. The van der Waals surface area contributed by atoms with Crippen LogP contribution in [0.15, 0.2) is 0 Å². The van der Waals surface area contributed by atoms with Crippen molar-refractivity contribution >= 4 is 6.09 Å². The van der Waals surface area contributed by atoms with E-state index in [0.717, 1.165) is 25.7 Å². The molecule has 1 saturated heterocycles. The third-order valence-corrected chi connectivity index (χ3v) is 3.58. The fourth-order valence-corrected chi connectivity index (χ4v) is 2.44. The number of nitrogens with zero attached hydrogens (tertiary/aromatic N) is 1. The molecule has 1 saturated carbocycles. The van der Waals surface area contributed by atoms with Crippen LogP contribution in [0.2, 0.25) is 0 Å². The van der Waals surface area contributed by atoms with Gasteiger partial charge < -0.3 is 19.8 Å². The Hall–Kier alpha value is -1.25. The molecule has 0 bridgehead atoms. The van der Waals surface area contributed by atoms with E-state index in [4.69, 9.17) is 14.9 Å². The first-order valence-corrected chi connectivity index (χ1v) is 6.41. The third-order valence-electron chi connectivity index (χ3n) is 3.58. The SMILES string of the molecule is O=C(O)N1CCC(O[C@H]2C[C@H](C#CCO)C2)CC1. The Labute approximate surface area is 107 Å². The van der Waals surface area contributed by atoms with Gasteiger partial charge in [0.05, 0.1) is 12.2 Å². The van der Waals surface area contributed by atoms with Crippen molar-refractivity contribution in [2.75, 3.05) is 19.7 Å². The molecule has 1 aliphatic heterocycles. The molecule has 0 spiro atoms. The third kappa shape index (κ3) is 3.37. The summed E-state index contributed by atoms with van der Waals surface area (Å²) in [5, 5.41) is 17.4. The highest BCUT2D eigenvalue weighted by molar-refractivity contribution is 5.64. The minimum Gasteiger partial charge on any atom is -0.465 e. The zero-order valence-electron chi connectivity index (χ0n) is 10.3. The van der Waals surface area contributed by atoms with Crippen molar-refractivity contribution in [3.8, 4) is 11.8 Å². The maximum atomic E-state index is 10.7. The van der Waals surface area contributed by atoms with Gasteiger partial charge in [-0.15, -0.1) is 0 Å². The summed E-state index contributed by atoms with van der Waals surface area (Å²) in [6, 6.07) is 0. The molecule has 5 heteroatoms. The fraction of sp³-hybridized carbons (Fsp3) is 0.769. The number of hydrogen-bond acceptors (Lipinski definition) is 3.